The molecule has 1 aliphatic heterocycles. The van der Waals surface area contributed by atoms with Gasteiger partial charge in [-0.3, -0.25) is 0 Å². The highest BCUT2D eigenvalue weighted by molar-refractivity contribution is 6.96. The molecule has 1 aliphatic rings. The summed E-state index contributed by atoms with van der Waals surface area (Å²) in [5.74, 6) is 0. The standard InChI is InChI=1S/C23H48OSi2/c1-17(2)26(18(3)4,19(5)6)24-20(7)14-15-21-16-25(21,22(8,9)10)23(11,12)13/h14-15,17-21H,16H2,1-13H3/t20-,21-/m0/s1. The first-order valence-corrected chi connectivity index (χ1v) is 15.3. The molecule has 3 heteroatoms. The highest BCUT2D eigenvalue weighted by Gasteiger charge is 2.67. The summed E-state index contributed by atoms with van der Waals surface area (Å²) in [5.41, 5.74) is 2.77. The van der Waals surface area contributed by atoms with Gasteiger partial charge >= 0.3 is 0 Å². The SMILES string of the molecule is CC(C)[Si](O[C@@H](C)C=C[C@H]1C[Si]1(C(C)(C)C)C(C)(C)C)(C(C)C)C(C)C. The molecule has 0 aromatic rings. The van der Waals surface area contributed by atoms with Gasteiger partial charge in [-0.15, -0.1) is 0 Å². The van der Waals surface area contributed by atoms with Crippen molar-refractivity contribution in [2.24, 2.45) is 0 Å². The van der Waals surface area contributed by atoms with Gasteiger partial charge in [0.15, 0.2) is 0 Å². The molecule has 0 saturated carbocycles. The number of hydrogen-bond donors (Lipinski definition) is 0. The molecule has 0 N–H and O–H groups in total. The summed E-state index contributed by atoms with van der Waals surface area (Å²) in [4.78, 5) is 0. The molecule has 0 aliphatic carbocycles. The summed E-state index contributed by atoms with van der Waals surface area (Å²) in [6.07, 6.45) is 5.19. The van der Waals surface area contributed by atoms with Gasteiger partial charge in [-0.25, -0.2) is 0 Å². The molecule has 1 fully saturated rings. The van der Waals surface area contributed by atoms with Crippen molar-refractivity contribution in [3.63, 3.8) is 0 Å². The van der Waals surface area contributed by atoms with Crippen LogP contribution >= 0.6 is 0 Å². The molecule has 1 nitrogen and oxygen atoms in total. The second kappa shape index (κ2) is 7.87. The third kappa shape index (κ3) is 4.25. The van der Waals surface area contributed by atoms with Crippen LogP contribution in [0.25, 0.3) is 0 Å². The summed E-state index contributed by atoms with van der Waals surface area (Å²) in [6, 6.07) is 1.45. The maximum absolute atomic E-state index is 6.91. The van der Waals surface area contributed by atoms with Crippen molar-refractivity contribution in [1.29, 1.82) is 0 Å². The fraction of sp³-hybridized carbons (Fsp3) is 0.913. The maximum Gasteiger partial charge on any atom is 0.201 e. The van der Waals surface area contributed by atoms with Crippen LogP contribution in [0.5, 0.6) is 0 Å². The van der Waals surface area contributed by atoms with Gasteiger partial charge in [-0.05, 0) is 39.2 Å². The largest absolute Gasteiger partial charge is 0.410 e. The van der Waals surface area contributed by atoms with E-state index in [-0.39, 0.29) is 6.10 Å². The van der Waals surface area contributed by atoms with E-state index in [4.69, 9.17) is 4.43 Å². The third-order valence-electron chi connectivity index (χ3n) is 7.40. The summed E-state index contributed by atoms with van der Waals surface area (Å²) >= 11 is 0. The monoisotopic (exact) mass is 396 g/mol. The maximum atomic E-state index is 6.91. The smallest absolute Gasteiger partial charge is 0.201 e. The number of allylic oxidation sites excluding steroid dienone is 1. The van der Waals surface area contributed by atoms with Gasteiger partial charge in [-0.1, -0.05) is 101 Å². The van der Waals surface area contributed by atoms with Gasteiger partial charge in [0.05, 0.1) is 14.2 Å². The van der Waals surface area contributed by atoms with Crippen LogP contribution in [0.2, 0.25) is 38.3 Å². The minimum atomic E-state index is -1.79. The lowest BCUT2D eigenvalue weighted by Crippen LogP contribution is -2.49. The van der Waals surface area contributed by atoms with Gasteiger partial charge < -0.3 is 4.43 Å². The molecule has 0 amide bonds. The summed E-state index contributed by atoms with van der Waals surface area (Å²) in [7, 11) is -3.10. The minimum Gasteiger partial charge on any atom is -0.410 e. The second-order valence-corrected chi connectivity index (χ2v) is 23.3. The lowest BCUT2D eigenvalue weighted by atomic mass is 10.2. The van der Waals surface area contributed by atoms with E-state index in [9.17, 15) is 0 Å². The molecule has 1 rings (SSSR count). The van der Waals surface area contributed by atoms with Crippen molar-refractivity contribution in [3.05, 3.63) is 12.2 Å². The average molecular weight is 397 g/mol. The Balaban J connectivity index is 2.96. The van der Waals surface area contributed by atoms with Gasteiger partial charge in [0.25, 0.3) is 0 Å². The predicted molar refractivity (Wildman–Crippen MR) is 124 cm³/mol. The predicted octanol–water partition coefficient (Wildman–Crippen LogP) is 8.56. The van der Waals surface area contributed by atoms with E-state index in [1.807, 2.05) is 0 Å². The lowest BCUT2D eigenvalue weighted by molar-refractivity contribution is 0.234. The Morgan fingerprint density at radius 2 is 1.19 bits per heavy atom. The van der Waals surface area contributed by atoms with E-state index >= 15 is 0 Å². The van der Waals surface area contributed by atoms with Crippen LogP contribution in [0, 0.1) is 0 Å². The van der Waals surface area contributed by atoms with Gasteiger partial charge in [-0.2, -0.15) is 0 Å². The molecule has 1 saturated heterocycles. The van der Waals surface area contributed by atoms with E-state index in [0.29, 0.717) is 26.7 Å². The molecule has 0 aromatic heterocycles. The van der Waals surface area contributed by atoms with Crippen molar-refractivity contribution >= 4 is 16.4 Å². The molecule has 2 atom stereocenters. The van der Waals surface area contributed by atoms with E-state index in [2.05, 4.69) is 102 Å². The number of rotatable bonds is 7. The lowest BCUT2D eigenvalue weighted by Gasteiger charge is -2.43. The van der Waals surface area contributed by atoms with Gasteiger partial charge in [0, 0.05) is 0 Å². The zero-order chi connectivity index (χ0) is 20.7. The molecule has 1 heterocycles. The van der Waals surface area contributed by atoms with Crippen LogP contribution in [0.1, 0.15) is 90.0 Å². The topological polar surface area (TPSA) is 9.23 Å². The van der Waals surface area contributed by atoms with Crippen molar-refractivity contribution in [1.82, 2.24) is 0 Å². The summed E-state index contributed by atoms with van der Waals surface area (Å²) < 4.78 is 6.91. The van der Waals surface area contributed by atoms with Crippen molar-refractivity contribution < 1.29 is 4.43 Å². The molecular weight excluding hydrogens is 348 g/mol. The Kier molecular flexibility index (Phi) is 7.31. The second-order valence-electron chi connectivity index (χ2n) is 11.8. The normalized spacial score (nSPS) is 22.7. The molecule has 0 radical (unpaired) electrons. The molecule has 0 unspecified atom stereocenters. The highest BCUT2D eigenvalue weighted by Crippen LogP contribution is 2.72. The first kappa shape index (κ1) is 24.2. The Bertz CT molecular complexity index is 456. The van der Waals surface area contributed by atoms with Crippen LogP contribution in [-0.4, -0.2) is 22.5 Å². The van der Waals surface area contributed by atoms with Crippen molar-refractivity contribution in [3.8, 4) is 0 Å². The fourth-order valence-corrected chi connectivity index (χ4v) is 19.4. The Hall–Kier alpha value is 0.134. The van der Waals surface area contributed by atoms with Crippen LogP contribution in [0.3, 0.4) is 0 Å². The van der Waals surface area contributed by atoms with Crippen LogP contribution in [0.15, 0.2) is 12.2 Å². The summed E-state index contributed by atoms with van der Waals surface area (Å²) in [6.45, 7) is 31.4. The van der Waals surface area contributed by atoms with Gasteiger partial charge in [0.2, 0.25) is 8.32 Å². The van der Waals surface area contributed by atoms with Crippen LogP contribution < -0.4 is 0 Å². The third-order valence-corrected chi connectivity index (χ3v) is 21.2. The van der Waals surface area contributed by atoms with Crippen LogP contribution in [-0.2, 0) is 4.43 Å². The minimum absolute atomic E-state index is 0.237. The Morgan fingerprint density at radius 3 is 1.46 bits per heavy atom. The molecule has 154 valence electrons. The van der Waals surface area contributed by atoms with Crippen molar-refractivity contribution in [2.45, 2.75) is 134 Å². The van der Waals surface area contributed by atoms with Crippen molar-refractivity contribution in [2.75, 3.05) is 0 Å². The molecule has 26 heavy (non-hydrogen) atoms. The zero-order valence-electron chi connectivity index (χ0n) is 20.2. The average Bonchev–Trinajstić information content (AvgIpc) is 3.16. The highest BCUT2D eigenvalue weighted by atomic mass is 28.4. The van der Waals surface area contributed by atoms with E-state index in [0.717, 1.165) is 5.54 Å². The first-order valence-electron chi connectivity index (χ1n) is 10.9. The quantitative estimate of drug-likeness (QED) is 0.309. The van der Waals surface area contributed by atoms with Gasteiger partial charge in [0.1, 0.15) is 0 Å². The molecule has 0 bridgehead atoms. The van der Waals surface area contributed by atoms with E-state index in [1.54, 1.807) is 0 Å². The fourth-order valence-electron chi connectivity index (χ4n) is 6.43. The summed E-state index contributed by atoms with van der Waals surface area (Å²) in [5, 5.41) is 0.938. The van der Waals surface area contributed by atoms with Crippen LogP contribution in [0.4, 0.5) is 0 Å². The molecule has 0 spiro atoms. The Morgan fingerprint density at radius 1 is 0.808 bits per heavy atom. The first-order chi connectivity index (χ1) is 11.5. The van der Waals surface area contributed by atoms with E-state index < -0.39 is 16.4 Å². The number of hydrogen-bond acceptors (Lipinski definition) is 1. The Labute approximate surface area is 167 Å². The molecule has 0 aromatic carbocycles. The zero-order valence-corrected chi connectivity index (χ0v) is 22.2. The molecular formula is C23H48OSi2. The van der Waals surface area contributed by atoms with E-state index in [1.165, 1.54) is 6.04 Å².